The lowest BCUT2D eigenvalue weighted by atomic mass is 10.2. The zero-order valence-corrected chi connectivity index (χ0v) is 12.8. The monoisotopic (exact) mass is 373 g/mol. The molecule has 0 atom stereocenters. The molecule has 0 aliphatic rings. The highest BCUT2D eigenvalue weighted by Crippen LogP contribution is 2.19. The van der Waals surface area contributed by atoms with Gasteiger partial charge < -0.3 is 9.57 Å². The second-order valence-electron chi connectivity index (χ2n) is 4.17. The minimum atomic E-state index is -2.91. The summed E-state index contributed by atoms with van der Waals surface area (Å²) in [5.41, 5.74) is 1.07. The molecule has 116 valence electrons. The van der Waals surface area contributed by atoms with Gasteiger partial charge in [0.1, 0.15) is 18.2 Å². The molecule has 2 rings (SSSR count). The average molecular weight is 374 g/mol. The molecular weight excluding hydrogens is 363 g/mol. The van der Waals surface area contributed by atoms with Crippen LogP contribution in [0.15, 0.2) is 52.1 Å². The van der Waals surface area contributed by atoms with E-state index in [-0.39, 0.29) is 18.2 Å². The van der Waals surface area contributed by atoms with Crippen LogP contribution in [0.25, 0.3) is 0 Å². The Labute approximate surface area is 133 Å². The Morgan fingerprint density at radius 2 is 1.95 bits per heavy atom. The van der Waals surface area contributed by atoms with Crippen molar-refractivity contribution < 1.29 is 22.7 Å². The summed E-state index contributed by atoms with van der Waals surface area (Å²) in [6, 6.07) is 10.6. The second-order valence-corrected chi connectivity index (χ2v) is 5.03. The maximum Gasteiger partial charge on any atom is 0.387 e. The Bertz CT molecular complexity index is 665. The zero-order chi connectivity index (χ0) is 15.9. The maximum atomic E-state index is 13.1. The van der Waals surface area contributed by atoms with Gasteiger partial charge >= 0.3 is 6.61 Å². The van der Waals surface area contributed by atoms with Crippen molar-refractivity contribution in [1.82, 2.24) is 0 Å². The van der Waals surface area contributed by atoms with Crippen LogP contribution in [0.5, 0.6) is 5.75 Å². The number of ether oxygens (including phenoxy) is 1. The molecular formula is C15H11BrF3NO2. The van der Waals surface area contributed by atoms with Gasteiger partial charge in [0.2, 0.25) is 0 Å². The molecule has 22 heavy (non-hydrogen) atoms. The summed E-state index contributed by atoms with van der Waals surface area (Å²) < 4.78 is 42.2. The van der Waals surface area contributed by atoms with E-state index < -0.39 is 6.61 Å². The van der Waals surface area contributed by atoms with Crippen molar-refractivity contribution in [2.75, 3.05) is 0 Å². The van der Waals surface area contributed by atoms with E-state index in [2.05, 4.69) is 25.8 Å². The molecule has 0 aromatic heterocycles. The van der Waals surface area contributed by atoms with Crippen LogP contribution in [0.1, 0.15) is 11.1 Å². The fourth-order valence-corrected chi connectivity index (χ4v) is 2.05. The summed E-state index contributed by atoms with van der Waals surface area (Å²) in [6.07, 6.45) is 1.27. The van der Waals surface area contributed by atoms with Crippen molar-refractivity contribution in [3.05, 3.63) is 63.9 Å². The van der Waals surface area contributed by atoms with Gasteiger partial charge in [0.25, 0.3) is 0 Å². The topological polar surface area (TPSA) is 30.8 Å². The van der Waals surface area contributed by atoms with Gasteiger partial charge in [-0.3, -0.25) is 0 Å². The predicted molar refractivity (Wildman–Crippen MR) is 79.6 cm³/mol. The van der Waals surface area contributed by atoms with Crippen molar-refractivity contribution in [2.45, 2.75) is 13.2 Å². The molecule has 0 saturated carbocycles. The average Bonchev–Trinajstić information content (AvgIpc) is 2.48. The molecule has 0 bridgehead atoms. The molecule has 0 aliphatic carbocycles. The first-order chi connectivity index (χ1) is 10.6. The lowest BCUT2D eigenvalue weighted by Gasteiger charge is -2.06. The number of benzene rings is 2. The van der Waals surface area contributed by atoms with Gasteiger partial charge in [-0.15, -0.1) is 0 Å². The van der Waals surface area contributed by atoms with Gasteiger partial charge in [-0.25, -0.2) is 4.39 Å². The van der Waals surface area contributed by atoms with Gasteiger partial charge in [0.15, 0.2) is 0 Å². The standard InChI is InChI=1S/C15H11BrF3NO2/c16-12-7-10(5-6-13(12)17)9-21-20-8-11-3-1-2-4-14(11)22-15(18)19/h1-8,15H,9H2. The van der Waals surface area contributed by atoms with E-state index in [1.165, 1.54) is 18.3 Å². The van der Waals surface area contributed by atoms with Gasteiger partial charge in [0, 0.05) is 5.56 Å². The van der Waals surface area contributed by atoms with Gasteiger partial charge in [-0.2, -0.15) is 8.78 Å². The molecule has 0 saturated heterocycles. The first kappa shape index (κ1) is 16.4. The highest BCUT2D eigenvalue weighted by molar-refractivity contribution is 9.10. The summed E-state index contributed by atoms with van der Waals surface area (Å²) in [5.74, 6) is -0.361. The van der Waals surface area contributed by atoms with Crippen LogP contribution in [0.4, 0.5) is 13.2 Å². The quantitative estimate of drug-likeness (QED) is 0.540. The molecule has 0 spiro atoms. The number of alkyl halides is 2. The lowest BCUT2D eigenvalue weighted by molar-refractivity contribution is -0.0499. The minimum absolute atomic E-state index is 0.00868. The van der Waals surface area contributed by atoms with Crippen molar-refractivity contribution >= 4 is 22.1 Å². The number of hydrogen-bond donors (Lipinski definition) is 0. The number of halogens is 4. The summed E-state index contributed by atoms with van der Waals surface area (Å²) in [7, 11) is 0. The molecule has 0 aliphatic heterocycles. The van der Waals surface area contributed by atoms with Gasteiger partial charge in [-0.05, 0) is 45.8 Å². The third-order valence-corrected chi connectivity index (χ3v) is 3.22. The molecule has 2 aromatic carbocycles. The number of para-hydroxylation sites is 1. The number of hydrogen-bond acceptors (Lipinski definition) is 3. The predicted octanol–water partition coefficient (Wildman–Crippen LogP) is 4.74. The van der Waals surface area contributed by atoms with E-state index in [1.807, 2.05) is 0 Å². The molecule has 0 amide bonds. The van der Waals surface area contributed by atoms with E-state index in [0.717, 1.165) is 0 Å². The Morgan fingerprint density at radius 1 is 1.18 bits per heavy atom. The normalized spacial score (nSPS) is 11.1. The lowest BCUT2D eigenvalue weighted by Crippen LogP contribution is -2.04. The maximum absolute atomic E-state index is 13.1. The first-order valence-corrected chi connectivity index (χ1v) is 6.98. The number of rotatable bonds is 6. The molecule has 0 fully saturated rings. The molecule has 2 aromatic rings. The third kappa shape index (κ3) is 4.77. The third-order valence-electron chi connectivity index (χ3n) is 2.62. The zero-order valence-electron chi connectivity index (χ0n) is 11.2. The summed E-state index contributed by atoms with van der Waals surface area (Å²) in [5, 5.41) is 3.70. The van der Waals surface area contributed by atoms with Gasteiger partial charge in [0.05, 0.1) is 10.7 Å². The van der Waals surface area contributed by atoms with E-state index in [9.17, 15) is 13.2 Å². The smallest absolute Gasteiger partial charge is 0.387 e. The minimum Gasteiger partial charge on any atom is -0.434 e. The Balaban J connectivity index is 1.96. The summed E-state index contributed by atoms with van der Waals surface area (Å²) >= 11 is 3.07. The largest absolute Gasteiger partial charge is 0.434 e. The summed E-state index contributed by atoms with van der Waals surface area (Å²) in [6.45, 7) is -2.79. The number of nitrogens with zero attached hydrogens (tertiary/aromatic N) is 1. The van der Waals surface area contributed by atoms with Crippen LogP contribution in [-0.4, -0.2) is 12.8 Å². The molecule has 0 radical (unpaired) electrons. The van der Waals surface area contributed by atoms with Crippen molar-refractivity contribution in [3.63, 3.8) is 0 Å². The highest BCUT2D eigenvalue weighted by Gasteiger charge is 2.07. The Kier molecular flexibility index (Phi) is 5.83. The summed E-state index contributed by atoms with van der Waals surface area (Å²) in [4.78, 5) is 5.06. The fraction of sp³-hybridized carbons (Fsp3) is 0.133. The van der Waals surface area contributed by atoms with E-state index in [4.69, 9.17) is 4.84 Å². The SMILES string of the molecule is Fc1ccc(CON=Cc2ccccc2OC(F)F)cc1Br. The van der Waals surface area contributed by atoms with E-state index in [1.54, 1.807) is 30.3 Å². The first-order valence-electron chi connectivity index (χ1n) is 6.19. The van der Waals surface area contributed by atoms with E-state index in [0.29, 0.717) is 15.6 Å². The van der Waals surface area contributed by atoms with Crippen LogP contribution < -0.4 is 4.74 Å². The van der Waals surface area contributed by atoms with Gasteiger partial charge in [-0.1, -0.05) is 23.4 Å². The molecule has 7 heteroatoms. The van der Waals surface area contributed by atoms with Crippen LogP contribution in [-0.2, 0) is 11.4 Å². The van der Waals surface area contributed by atoms with Crippen molar-refractivity contribution in [3.8, 4) is 5.75 Å². The second kappa shape index (κ2) is 7.84. The molecule has 3 nitrogen and oxygen atoms in total. The van der Waals surface area contributed by atoms with Crippen molar-refractivity contribution in [1.29, 1.82) is 0 Å². The molecule has 0 unspecified atom stereocenters. The Morgan fingerprint density at radius 3 is 2.68 bits per heavy atom. The van der Waals surface area contributed by atoms with E-state index >= 15 is 0 Å². The molecule has 0 N–H and O–H groups in total. The van der Waals surface area contributed by atoms with Crippen LogP contribution in [0.2, 0.25) is 0 Å². The Hall–Kier alpha value is -2.02. The van der Waals surface area contributed by atoms with Crippen LogP contribution in [0, 0.1) is 5.82 Å². The van der Waals surface area contributed by atoms with Crippen LogP contribution >= 0.6 is 15.9 Å². The van der Waals surface area contributed by atoms with Crippen LogP contribution in [0.3, 0.4) is 0 Å². The number of oxime groups is 1. The highest BCUT2D eigenvalue weighted by atomic mass is 79.9. The molecule has 0 heterocycles. The van der Waals surface area contributed by atoms with Crippen molar-refractivity contribution in [2.24, 2.45) is 5.16 Å². The fourth-order valence-electron chi connectivity index (χ4n) is 1.63.